The SMILES string of the molecule is CC[C@H]1O[C@@H]2c3occc3CO[C@H]2[C@H]1OCc1ccccc1C. The maximum Gasteiger partial charge on any atom is 0.145 e. The quantitative estimate of drug-likeness (QED) is 0.857. The normalized spacial score (nSPS) is 29.3. The van der Waals surface area contributed by atoms with Gasteiger partial charge in [0.15, 0.2) is 0 Å². The van der Waals surface area contributed by atoms with E-state index in [1.54, 1.807) is 6.26 Å². The van der Waals surface area contributed by atoms with Gasteiger partial charge in [0.2, 0.25) is 0 Å². The number of furan rings is 1. The molecule has 23 heavy (non-hydrogen) atoms. The summed E-state index contributed by atoms with van der Waals surface area (Å²) in [6, 6.07) is 10.3. The molecule has 2 aliphatic heterocycles. The molecule has 0 N–H and O–H groups in total. The molecule has 2 aliphatic rings. The minimum absolute atomic E-state index is 0.0325. The number of fused-ring (bicyclic) bond motifs is 3. The summed E-state index contributed by atoms with van der Waals surface area (Å²) in [5.74, 6) is 0.904. The average Bonchev–Trinajstić information content (AvgIpc) is 3.17. The molecule has 4 heteroatoms. The summed E-state index contributed by atoms with van der Waals surface area (Å²) in [5.41, 5.74) is 3.54. The Kier molecular flexibility index (Phi) is 3.97. The van der Waals surface area contributed by atoms with E-state index in [0.717, 1.165) is 17.7 Å². The summed E-state index contributed by atoms with van der Waals surface area (Å²) in [7, 11) is 0. The van der Waals surface area contributed by atoms with Crippen molar-refractivity contribution in [1.82, 2.24) is 0 Å². The van der Waals surface area contributed by atoms with Crippen LogP contribution in [0.1, 0.15) is 41.9 Å². The lowest BCUT2D eigenvalue weighted by Gasteiger charge is -2.27. The van der Waals surface area contributed by atoms with E-state index in [4.69, 9.17) is 18.6 Å². The first-order valence-corrected chi connectivity index (χ1v) is 8.27. The van der Waals surface area contributed by atoms with E-state index in [9.17, 15) is 0 Å². The highest BCUT2D eigenvalue weighted by Crippen LogP contribution is 2.43. The predicted molar refractivity (Wildman–Crippen MR) is 84.9 cm³/mol. The largest absolute Gasteiger partial charge is 0.466 e. The minimum atomic E-state index is -0.152. The first kappa shape index (κ1) is 14.9. The number of aryl methyl sites for hydroxylation is 1. The van der Waals surface area contributed by atoms with Crippen LogP contribution in [0.15, 0.2) is 41.0 Å². The highest BCUT2D eigenvalue weighted by Gasteiger charge is 2.50. The van der Waals surface area contributed by atoms with Gasteiger partial charge in [0.05, 0.1) is 25.6 Å². The maximum absolute atomic E-state index is 6.24. The Hall–Kier alpha value is -1.62. The van der Waals surface area contributed by atoms with Gasteiger partial charge in [0.1, 0.15) is 24.1 Å². The predicted octanol–water partition coefficient (Wildman–Crippen LogP) is 3.92. The monoisotopic (exact) mass is 314 g/mol. The van der Waals surface area contributed by atoms with Gasteiger partial charge in [0, 0.05) is 5.56 Å². The molecule has 1 aromatic carbocycles. The molecule has 1 aromatic heterocycles. The third-order valence-corrected chi connectivity index (χ3v) is 4.88. The third kappa shape index (κ3) is 2.61. The number of benzene rings is 1. The van der Waals surface area contributed by atoms with Crippen LogP contribution in [0.2, 0.25) is 0 Å². The van der Waals surface area contributed by atoms with Crippen molar-refractivity contribution >= 4 is 0 Å². The summed E-state index contributed by atoms with van der Waals surface area (Å²) < 4.78 is 24.1. The second-order valence-corrected chi connectivity index (χ2v) is 6.29. The molecule has 0 bridgehead atoms. The van der Waals surface area contributed by atoms with Crippen LogP contribution in [0.5, 0.6) is 0 Å². The van der Waals surface area contributed by atoms with Gasteiger partial charge in [-0.25, -0.2) is 0 Å². The first-order chi connectivity index (χ1) is 11.3. The van der Waals surface area contributed by atoms with Gasteiger partial charge in [-0.05, 0) is 30.5 Å². The standard InChI is InChI=1S/C19H22O4/c1-3-15-17(21-10-13-7-5-4-6-12(13)2)18-19(23-15)16-14(11-22-18)8-9-20-16/h4-9,15,17-19H,3,10-11H2,1-2H3/t15-,17+,18+,19-/m1/s1. The van der Waals surface area contributed by atoms with Gasteiger partial charge < -0.3 is 18.6 Å². The van der Waals surface area contributed by atoms with Gasteiger partial charge in [-0.15, -0.1) is 0 Å². The third-order valence-electron chi connectivity index (χ3n) is 4.88. The molecule has 3 heterocycles. The zero-order valence-corrected chi connectivity index (χ0v) is 13.5. The van der Waals surface area contributed by atoms with Crippen LogP contribution in [-0.4, -0.2) is 18.3 Å². The summed E-state index contributed by atoms with van der Waals surface area (Å²) in [6.45, 7) is 5.37. The van der Waals surface area contributed by atoms with E-state index in [1.165, 1.54) is 11.1 Å². The molecule has 4 nitrogen and oxygen atoms in total. The Balaban J connectivity index is 1.53. The van der Waals surface area contributed by atoms with Crippen molar-refractivity contribution in [1.29, 1.82) is 0 Å². The van der Waals surface area contributed by atoms with Crippen molar-refractivity contribution in [2.45, 2.75) is 57.9 Å². The molecule has 122 valence electrons. The van der Waals surface area contributed by atoms with Crippen LogP contribution in [-0.2, 0) is 27.4 Å². The first-order valence-electron chi connectivity index (χ1n) is 8.27. The second kappa shape index (κ2) is 6.11. The van der Waals surface area contributed by atoms with Crippen LogP contribution >= 0.6 is 0 Å². The summed E-state index contributed by atoms with van der Waals surface area (Å²) >= 11 is 0. The van der Waals surface area contributed by atoms with Crippen LogP contribution in [0.3, 0.4) is 0 Å². The zero-order chi connectivity index (χ0) is 15.8. The molecule has 0 saturated carbocycles. The van der Waals surface area contributed by atoms with Crippen molar-refractivity contribution in [2.24, 2.45) is 0 Å². The molecule has 0 radical (unpaired) electrons. The summed E-state index contributed by atoms with van der Waals surface area (Å²) in [4.78, 5) is 0. The van der Waals surface area contributed by atoms with E-state index in [1.807, 2.05) is 18.2 Å². The van der Waals surface area contributed by atoms with Gasteiger partial charge in [-0.2, -0.15) is 0 Å². The number of hydrogen-bond acceptors (Lipinski definition) is 4. The van der Waals surface area contributed by atoms with Crippen LogP contribution in [0.25, 0.3) is 0 Å². The maximum atomic E-state index is 6.24. The van der Waals surface area contributed by atoms with E-state index < -0.39 is 0 Å². The lowest BCUT2D eigenvalue weighted by atomic mass is 10.00. The van der Waals surface area contributed by atoms with E-state index in [2.05, 4.69) is 26.0 Å². The molecule has 4 atom stereocenters. The lowest BCUT2D eigenvalue weighted by molar-refractivity contribution is -0.0899. The molecular formula is C19H22O4. The van der Waals surface area contributed by atoms with E-state index >= 15 is 0 Å². The Morgan fingerprint density at radius 1 is 1.22 bits per heavy atom. The molecule has 0 amide bonds. The number of rotatable bonds is 4. The van der Waals surface area contributed by atoms with Crippen molar-refractivity contribution in [3.05, 3.63) is 59.0 Å². The molecule has 1 saturated heterocycles. The van der Waals surface area contributed by atoms with Crippen LogP contribution in [0.4, 0.5) is 0 Å². The fourth-order valence-electron chi connectivity index (χ4n) is 3.51. The Morgan fingerprint density at radius 3 is 2.91 bits per heavy atom. The highest BCUT2D eigenvalue weighted by atomic mass is 16.6. The van der Waals surface area contributed by atoms with Crippen molar-refractivity contribution in [3.63, 3.8) is 0 Å². The van der Waals surface area contributed by atoms with Crippen molar-refractivity contribution < 1.29 is 18.6 Å². The Bertz CT molecular complexity index is 678. The Labute approximate surface area is 136 Å². The van der Waals surface area contributed by atoms with E-state index in [0.29, 0.717) is 13.2 Å². The van der Waals surface area contributed by atoms with Gasteiger partial charge in [0.25, 0.3) is 0 Å². The van der Waals surface area contributed by atoms with Gasteiger partial charge in [-0.3, -0.25) is 0 Å². The average molecular weight is 314 g/mol. The molecule has 2 aromatic rings. The lowest BCUT2D eigenvalue weighted by Crippen LogP contribution is -2.37. The van der Waals surface area contributed by atoms with Gasteiger partial charge in [-0.1, -0.05) is 31.2 Å². The van der Waals surface area contributed by atoms with Crippen LogP contribution in [0, 0.1) is 6.92 Å². The van der Waals surface area contributed by atoms with Crippen LogP contribution < -0.4 is 0 Å². The number of hydrogen-bond donors (Lipinski definition) is 0. The van der Waals surface area contributed by atoms with Crippen molar-refractivity contribution in [3.8, 4) is 0 Å². The topological polar surface area (TPSA) is 40.8 Å². The summed E-state index contributed by atoms with van der Waals surface area (Å²) in [6.07, 6.45) is 2.32. The molecular weight excluding hydrogens is 292 g/mol. The number of ether oxygens (including phenoxy) is 3. The second-order valence-electron chi connectivity index (χ2n) is 6.29. The molecule has 0 spiro atoms. The molecule has 4 rings (SSSR count). The minimum Gasteiger partial charge on any atom is -0.466 e. The summed E-state index contributed by atoms with van der Waals surface area (Å²) in [5, 5.41) is 0. The van der Waals surface area contributed by atoms with Gasteiger partial charge >= 0.3 is 0 Å². The smallest absolute Gasteiger partial charge is 0.145 e. The zero-order valence-electron chi connectivity index (χ0n) is 13.5. The molecule has 0 unspecified atom stereocenters. The van der Waals surface area contributed by atoms with Crippen molar-refractivity contribution in [2.75, 3.05) is 0 Å². The fraction of sp³-hybridized carbons (Fsp3) is 0.474. The Morgan fingerprint density at radius 2 is 2.09 bits per heavy atom. The highest BCUT2D eigenvalue weighted by molar-refractivity contribution is 5.26. The van der Waals surface area contributed by atoms with E-state index in [-0.39, 0.29) is 24.4 Å². The fourth-order valence-corrected chi connectivity index (χ4v) is 3.51. The molecule has 1 fully saturated rings. The molecule has 0 aliphatic carbocycles.